The predicted molar refractivity (Wildman–Crippen MR) is 101 cm³/mol. The van der Waals surface area contributed by atoms with Crippen molar-refractivity contribution in [3.63, 3.8) is 0 Å². The van der Waals surface area contributed by atoms with Crippen LogP contribution in [0.25, 0.3) is 10.9 Å². The first-order valence-electron chi connectivity index (χ1n) is 8.77. The van der Waals surface area contributed by atoms with Gasteiger partial charge >= 0.3 is 0 Å². The number of rotatable bonds is 7. The number of alkyl halides is 2. The molecule has 0 spiro atoms. The van der Waals surface area contributed by atoms with Crippen molar-refractivity contribution in [1.82, 2.24) is 15.0 Å². The van der Waals surface area contributed by atoms with Crippen molar-refractivity contribution in [2.24, 2.45) is 0 Å². The molecule has 29 heavy (non-hydrogen) atoms. The number of hydrogen-bond acceptors (Lipinski definition) is 6. The number of hydrogen-bond donors (Lipinski definition) is 2. The third-order valence-corrected chi connectivity index (χ3v) is 6.05. The molecule has 11 heteroatoms. The zero-order chi connectivity index (χ0) is 20.6. The van der Waals surface area contributed by atoms with Crippen LogP contribution in [0.2, 0.25) is 0 Å². The highest BCUT2D eigenvalue weighted by atomic mass is 32.2. The molecule has 2 N–H and O–H groups in total. The lowest BCUT2D eigenvalue weighted by Gasteiger charge is -2.26. The first-order valence-corrected chi connectivity index (χ1v) is 10.3. The fourth-order valence-electron chi connectivity index (χ4n) is 3.12. The van der Waals surface area contributed by atoms with E-state index in [1.54, 1.807) is 6.07 Å². The van der Waals surface area contributed by atoms with E-state index in [2.05, 4.69) is 19.7 Å². The molecule has 1 aliphatic heterocycles. The van der Waals surface area contributed by atoms with Crippen molar-refractivity contribution >= 4 is 26.9 Å². The van der Waals surface area contributed by atoms with Gasteiger partial charge in [0.15, 0.2) is 0 Å². The fraction of sp³-hybridized carbons (Fsp3) is 0.333. The quantitative estimate of drug-likeness (QED) is 0.604. The normalized spacial score (nSPS) is 14.9. The molecule has 0 atom stereocenters. The van der Waals surface area contributed by atoms with E-state index in [1.807, 2.05) is 12.1 Å². The van der Waals surface area contributed by atoms with Gasteiger partial charge in [-0.15, -0.1) is 0 Å². The average molecular weight is 424 g/mol. The molecule has 0 radical (unpaired) electrons. The van der Waals surface area contributed by atoms with E-state index in [4.69, 9.17) is 9.47 Å². The number of aromatic nitrogens is 3. The third-order valence-electron chi connectivity index (χ3n) is 4.68. The lowest BCUT2D eigenvalue weighted by atomic mass is 9.97. The van der Waals surface area contributed by atoms with Gasteiger partial charge in [0, 0.05) is 41.2 Å². The summed E-state index contributed by atoms with van der Waals surface area (Å²) in [4.78, 5) is 10.7. The number of ether oxygens (including phenoxy) is 2. The van der Waals surface area contributed by atoms with Crippen molar-refractivity contribution in [2.45, 2.75) is 23.7 Å². The zero-order valence-corrected chi connectivity index (χ0v) is 16.2. The van der Waals surface area contributed by atoms with Crippen molar-refractivity contribution in [3.8, 4) is 5.88 Å². The Morgan fingerprint density at radius 3 is 2.83 bits per heavy atom. The molecule has 1 aliphatic rings. The van der Waals surface area contributed by atoms with E-state index in [9.17, 15) is 17.2 Å². The van der Waals surface area contributed by atoms with Crippen LogP contribution in [0.15, 0.2) is 35.5 Å². The second-order valence-corrected chi connectivity index (χ2v) is 8.27. The molecule has 1 fully saturated rings. The fourth-order valence-corrected chi connectivity index (χ4v) is 4.25. The maximum absolute atomic E-state index is 12.8. The van der Waals surface area contributed by atoms with Gasteiger partial charge in [0.05, 0.1) is 20.3 Å². The minimum atomic E-state index is -4.02. The van der Waals surface area contributed by atoms with Crippen LogP contribution in [-0.4, -0.2) is 50.1 Å². The van der Waals surface area contributed by atoms with Gasteiger partial charge in [-0.05, 0) is 11.6 Å². The molecule has 4 rings (SSSR count). The summed E-state index contributed by atoms with van der Waals surface area (Å²) >= 11 is 0. The Labute approximate surface area is 165 Å². The average Bonchev–Trinajstić information content (AvgIpc) is 3.05. The number of nitrogens with one attached hydrogen (secondary N) is 2. The summed E-state index contributed by atoms with van der Waals surface area (Å²) in [6, 6.07) is 5.52. The molecule has 1 saturated heterocycles. The van der Waals surface area contributed by atoms with Crippen LogP contribution < -0.4 is 9.46 Å². The monoisotopic (exact) mass is 424 g/mol. The third kappa shape index (κ3) is 3.87. The number of nitrogens with zero attached hydrogens (tertiary/aromatic N) is 2. The van der Waals surface area contributed by atoms with Crippen molar-refractivity contribution in [1.29, 1.82) is 0 Å². The highest BCUT2D eigenvalue weighted by molar-refractivity contribution is 7.93. The summed E-state index contributed by atoms with van der Waals surface area (Å²) in [7, 11) is -2.75. The van der Waals surface area contributed by atoms with Gasteiger partial charge in [0.25, 0.3) is 10.0 Å². The summed E-state index contributed by atoms with van der Waals surface area (Å²) in [6.07, 6.45) is -0.681. The van der Waals surface area contributed by atoms with Gasteiger partial charge in [0.2, 0.25) is 18.3 Å². The first-order chi connectivity index (χ1) is 13.9. The zero-order valence-electron chi connectivity index (χ0n) is 15.4. The lowest BCUT2D eigenvalue weighted by molar-refractivity contribution is 0.00847. The summed E-state index contributed by atoms with van der Waals surface area (Å²) in [5.41, 5.74) is 1.84. The van der Waals surface area contributed by atoms with Crippen LogP contribution in [0.5, 0.6) is 5.88 Å². The van der Waals surface area contributed by atoms with E-state index in [0.29, 0.717) is 30.0 Å². The number of benzene rings is 1. The minimum absolute atomic E-state index is 0.0307. The van der Waals surface area contributed by atoms with Gasteiger partial charge in [-0.25, -0.2) is 26.9 Å². The van der Waals surface area contributed by atoms with Gasteiger partial charge in [0.1, 0.15) is 4.90 Å². The van der Waals surface area contributed by atoms with Crippen LogP contribution in [-0.2, 0) is 21.2 Å². The smallest absolute Gasteiger partial charge is 0.266 e. The van der Waals surface area contributed by atoms with E-state index in [0.717, 1.165) is 11.8 Å². The second-order valence-electron chi connectivity index (χ2n) is 6.62. The highest BCUT2D eigenvalue weighted by Crippen LogP contribution is 2.30. The number of H-pyrrole nitrogens is 1. The largest absolute Gasteiger partial charge is 0.481 e. The second kappa shape index (κ2) is 7.56. The Kier molecular flexibility index (Phi) is 5.09. The Morgan fingerprint density at radius 1 is 1.38 bits per heavy atom. The van der Waals surface area contributed by atoms with E-state index < -0.39 is 22.9 Å². The summed E-state index contributed by atoms with van der Waals surface area (Å²) in [5, 5.41) is 0.516. The standard InChI is InChI=1S/C18H18F2N4O4S/c1-27-17-11(5-16(19)20)6-22-18(23-17)24-29(25,26)15-7-21-14-4-10(2-3-13(14)15)12-8-28-9-12/h2-4,6-7,12,16,21H,5,8-9H2,1H3,(H,22,23,24). The number of halogens is 2. The molecule has 1 aromatic carbocycles. The van der Waals surface area contributed by atoms with Gasteiger partial charge in [-0.2, -0.15) is 4.98 Å². The molecular formula is C18H18F2N4O4S. The van der Waals surface area contributed by atoms with Crippen LogP contribution in [0.3, 0.4) is 0 Å². The molecule has 3 heterocycles. The molecular weight excluding hydrogens is 406 g/mol. The van der Waals surface area contributed by atoms with Gasteiger partial charge in [-0.3, -0.25) is 0 Å². The van der Waals surface area contributed by atoms with Crippen molar-refractivity contribution < 1.29 is 26.7 Å². The van der Waals surface area contributed by atoms with Crippen LogP contribution in [0, 0.1) is 0 Å². The van der Waals surface area contributed by atoms with Crippen molar-refractivity contribution in [2.75, 3.05) is 25.0 Å². The number of aromatic amines is 1. The van der Waals surface area contributed by atoms with Crippen LogP contribution >= 0.6 is 0 Å². The van der Waals surface area contributed by atoms with Crippen molar-refractivity contribution in [3.05, 3.63) is 41.7 Å². The molecule has 8 nitrogen and oxygen atoms in total. The maximum atomic E-state index is 12.8. The molecule has 0 bridgehead atoms. The predicted octanol–water partition coefficient (Wildman–Crippen LogP) is 2.69. The molecule has 2 aromatic heterocycles. The SMILES string of the molecule is COc1nc(NS(=O)(=O)c2c[nH]c3cc(C4COC4)ccc23)ncc1CC(F)F. The van der Waals surface area contributed by atoms with Crippen LogP contribution in [0.4, 0.5) is 14.7 Å². The Bertz CT molecular complexity index is 1150. The molecule has 0 aliphatic carbocycles. The first kappa shape index (κ1) is 19.5. The Hall–Kier alpha value is -2.79. The van der Waals surface area contributed by atoms with E-state index in [-0.39, 0.29) is 22.3 Å². The number of methoxy groups -OCH3 is 1. The summed E-state index contributed by atoms with van der Waals surface area (Å²) < 4.78 is 63.3. The highest BCUT2D eigenvalue weighted by Gasteiger charge is 2.24. The Balaban J connectivity index is 1.62. The maximum Gasteiger partial charge on any atom is 0.266 e. The van der Waals surface area contributed by atoms with E-state index >= 15 is 0 Å². The Morgan fingerprint density at radius 2 is 2.17 bits per heavy atom. The molecule has 0 saturated carbocycles. The molecule has 0 unspecified atom stereocenters. The van der Waals surface area contributed by atoms with Gasteiger partial charge < -0.3 is 14.5 Å². The lowest BCUT2D eigenvalue weighted by Crippen LogP contribution is -2.24. The summed E-state index contributed by atoms with van der Waals surface area (Å²) in [6.45, 7) is 1.30. The number of fused-ring (bicyclic) bond motifs is 1. The molecule has 0 amide bonds. The number of anilines is 1. The molecule has 154 valence electrons. The minimum Gasteiger partial charge on any atom is -0.481 e. The summed E-state index contributed by atoms with van der Waals surface area (Å²) in [5.74, 6) is -0.0600. The van der Waals surface area contributed by atoms with E-state index in [1.165, 1.54) is 13.3 Å². The van der Waals surface area contributed by atoms with Gasteiger partial charge in [-0.1, -0.05) is 12.1 Å². The molecule has 3 aromatic rings. The topological polar surface area (TPSA) is 106 Å². The van der Waals surface area contributed by atoms with Crippen LogP contribution in [0.1, 0.15) is 17.0 Å². The number of sulfonamides is 1.